The summed E-state index contributed by atoms with van der Waals surface area (Å²) in [5.41, 5.74) is 1.22. The Hall–Kier alpha value is -1.27. The van der Waals surface area contributed by atoms with Crippen molar-refractivity contribution in [1.29, 1.82) is 5.26 Å². The number of hydrogen-bond donors (Lipinski definition) is 0. The van der Waals surface area contributed by atoms with Crippen molar-refractivity contribution in [1.82, 2.24) is 0 Å². The third-order valence-corrected chi connectivity index (χ3v) is 3.11. The van der Waals surface area contributed by atoms with Gasteiger partial charge in [0.25, 0.3) is 0 Å². The molecule has 86 valence electrons. The lowest BCUT2D eigenvalue weighted by Crippen LogP contribution is -2.08. The van der Waals surface area contributed by atoms with E-state index >= 15 is 0 Å². The molecule has 0 spiro atoms. The Kier molecular flexibility index (Phi) is 3.63. The first-order valence-electron chi connectivity index (χ1n) is 5.86. The van der Waals surface area contributed by atoms with Gasteiger partial charge in [0.05, 0.1) is 12.2 Å². The third kappa shape index (κ3) is 2.28. The van der Waals surface area contributed by atoms with Gasteiger partial charge in [-0.05, 0) is 25.3 Å². The largest absolute Gasteiger partial charge is 0.466 e. The van der Waals surface area contributed by atoms with E-state index in [-0.39, 0.29) is 6.10 Å². The van der Waals surface area contributed by atoms with Gasteiger partial charge in [0.1, 0.15) is 11.5 Å². The minimum Gasteiger partial charge on any atom is -0.466 e. The molecule has 16 heavy (non-hydrogen) atoms. The number of unbranched alkanes of at least 4 members (excludes halogenated alkanes) is 1. The number of aryl methyl sites for hydroxylation is 2. The van der Waals surface area contributed by atoms with Crippen molar-refractivity contribution >= 4 is 0 Å². The smallest absolute Gasteiger partial charge is 0.109 e. The van der Waals surface area contributed by atoms with Crippen LogP contribution in [-0.2, 0) is 17.6 Å². The molecule has 0 N–H and O–H groups in total. The monoisotopic (exact) mass is 219 g/mol. The number of ether oxygens (including phenoxy) is 1. The summed E-state index contributed by atoms with van der Waals surface area (Å²) in [4.78, 5) is 0. The van der Waals surface area contributed by atoms with E-state index in [1.807, 2.05) is 0 Å². The van der Waals surface area contributed by atoms with Crippen LogP contribution < -0.4 is 0 Å². The summed E-state index contributed by atoms with van der Waals surface area (Å²) in [5.74, 6) is 2.09. The zero-order valence-electron chi connectivity index (χ0n) is 9.66. The van der Waals surface area contributed by atoms with E-state index < -0.39 is 0 Å². The van der Waals surface area contributed by atoms with E-state index in [0.717, 1.165) is 43.6 Å². The van der Waals surface area contributed by atoms with Crippen LogP contribution in [0.3, 0.4) is 0 Å². The van der Waals surface area contributed by atoms with Crippen molar-refractivity contribution < 1.29 is 9.15 Å². The van der Waals surface area contributed by atoms with Gasteiger partial charge in [0, 0.05) is 31.9 Å². The predicted octanol–water partition coefficient (Wildman–Crippen LogP) is 3.15. The highest BCUT2D eigenvalue weighted by atomic mass is 16.5. The summed E-state index contributed by atoms with van der Waals surface area (Å²) in [7, 11) is 1.75. The van der Waals surface area contributed by atoms with Gasteiger partial charge in [-0.2, -0.15) is 5.26 Å². The van der Waals surface area contributed by atoms with Crippen molar-refractivity contribution in [3.05, 3.63) is 23.2 Å². The standard InChI is InChI=1S/C13H17NO2/c1-15-12-6-4-7-13-11(12)9-10(16-13)5-2-3-8-14/h9,12H,2-7H2,1H3. The van der Waals surface area contributed by atoms with Crippen molar-refractivity contribution in [3.63, 3.8) is 0 Å². The second-order valence-electron chi connectivity index (χ2n) is 4.22. The third-order valence-electron chi connectivity index (χ3n) is 3.11. The van der Waals surface area contributed by atoms with E-state index in [4.69, 9.17) is 14.4 Å². The Labute approximate surface area is 96.0 Å². The zero-order chi connectivity index (χ0) is 11.4. The second kappa shape index (κ2) is 5.18. The first kappa shape index (κ1) is 11.2. The lowest BCUT2D eigenvalue weighted by molar-refractivity contribution is 0.0857. The molecule has 3 nitrogen and oxygen atoms in total. The van der Waals surface area contributed by atoms with Gasteiger partial charge in [-0.1, -0.05) is 0 Å². The zero-order valence-corrected chi connectivity index (χ0v) is 9.66. The van der Waals surface area contributed by atoms with Gasteiger partial charge >= 0.3 is 0 Å². The normalized spacial score (nSPS) is 19.1. The fraction of sp³-hybridized carbons (Fsp3) is 0.615. The van der Waals surface area contributed by atoms with Crippen LogP contribution in [0.25, 0.3) is 0 Å². The van der Waals surface area contributed by atoms with E-state index in [1.54, 1.807) is 7.11 Å². The number of methoxy groups -OCH3 is 1. The van der Waals surface area contributed by atoms with Crippen LogP contribution in [0.15, 0.2) is 10.5 Å². The molecule has 1 unspecified atom stereocenters. The predicted molar refractivity (Wildman–Crippen MR) is 59.9 cm³/mol. The molecule has 1 heterocycles. The summed E-state index contributed by atoms with van der Waals surface area (Å²) < 4.78 is 11.2. The highest BCUT2D eigenvalue weighted by molar-refractivity contribution is 5.26. The maximum atomic E-state index is 8.49. The number of rotatable bonds is 4. The molecular weight excluding hydrogens is 202 g/mol. The Morgan fingerprint density at radius 3 is 3.25 bits per heavy atom. The molecule has 0 aliphatic heterocycles. The molecule has 1 aliphatic carbocycles. The lowest BCUT2D eigenvalue weighted by atomic mass is 9.95. The Bertz CT molecular complexity index is 389. The van der Waals surface area contributed by atoms with E-state index in [0.29, 0.717) is 6.42 Å². The molecule has 0 saturated heterocycles. The summed E-state index contributed by atoms with van der Waals surface area (Å²) in [6, 6.07) is 4.26. The van der Waals surface area contributed by atoms with Gasteiger partial charge in [0.2, 0.25) is 0 Å². The molecule has 1 aromatic rings. The molecular formula is C13H17NO2. The van der Waals surface area contributed by atoms with Crippen LogP contribution in [0, 0.1) is 11.3 Å². The number of fused-ring (bicyclic) bond motifs is 1. The van der Waals surface area contributed by atoms with E-state index in [1.165, 1.54) is 5.56 Å². The molecule has 1 aromatic heterocycles. The Balaban J connectivity index is 2.07. The Morgan fingerprint density at radius 1 is 1.62 bits per heavy atom. The number of nitrogens with zero attached hydrogens (tertiary/aromatic N) is 1. The highest BCUT2D eigenvalue weighted by Crippen LogP contribution is 2.34. The fourth-order valence-electron chi connectivity index (χ4n) is 2.28. The van der Waals surface area contributed by atoms with E-state index in [9.17, 15) is 0 Å². The average Bonchev–Trinajstić information content (AvgIpc) is 2.71. The number of hydrogen-bond acceptors (Lipinski definition) is 3. The maximum absolute atomic E-state index is 8.49. The molecule has 0 bridgehead atoms. The fourth-order valence-corrected chi connectivity index (χ4v) is 2.28. The topological polar surface area (TPSA) is 46.2 Å². The van der Waals surface area contributed by atoms with Crippen LogP contribution in [0.4, 0.5) is 0 Å². The summed E-state index contributed by atoms with van der Waals surface area (Å²) in [6.45, 7) is 0. The maximum Gasteiger partial charge on any atom is 0.109 e. The Morgan fingerprint density at radius 2 is 2.50 bits per heavy atom. The van der Waals surface area contributed by atoms with Gasteiger partial charge in [0.15, 0.2) is 0 Å². The first-order valence-corrected chi connectivity index (χ1v) is 5.86. The minimum atomic E-state index is 0.206. The van der Waals surface area contributed by atoms with Crippen molar-refractivity contribution in [3.8, 4) is 6.07 Å². The average molecular weight is 219 g/mol. The lowest BCUT2D eigenvalue weighted by Gasteiger charge is -2.19. The van der Waals surface area contributed by atoms with Crippen LogP contribution in [0.5, 0.6) is 0 Å². The highest BCUT2D eigenvalue weighted by Gasteiger charge is 2.23. The van der Waals surface area contributed by atoms with Crippen molar-refractivity contribution in [2.75, 3.05) is 7.11 Å². The molecule has 0 saturated carbocycles. The van der Waals surface area contributed by atoms with Crippen molar-refractivity contribution in [2.24, 2.45) is 0 Å². The van der Waals surface area contributed by atoms with Crippen LogP contribution >= 0.6 is 0 Å². The molecule has 0 fully saturated rings. The second-order valence-corrected chi connectivity index (χ2v) is 4.22. The number of nitriles is 1. The van der Waals surface area contributed by atoms with E-state index in [2.05, 4.69) is 12.1 Å². The number of furan rings is 1. The molecule has 2 rings (SSSR count). The summed E-state index contributed by atoms with van der Waals surface area (Å²) >= 11 is 0. The molecule has 1 aliphatic rings. The molecule has 0 aromatic carbocycles. The molecule has 3 heteroatoms. The van der Waals surface area contributed by atoms with Crippen LogP contribution in [0.1, 0.15) is 48.9 Å². The van der Waals surface area contributed by atoms with Gasteiger partial charge in [-0.3, -0.25) is 0 Å². The van der Waals surface area contributed by atoms with Gasteiger partial charge < -0.3 is 9.15 Å². The van der Waals surface area contributed by atoms with Gasteiger partial charge in [-0.25, -0.2) is 0 Å². The van der Waals surface area contributed by atoms with Crippen LogP contribution in [0.2, 0.25) is 0 Å². The SMILES string of the molecule is COC1CCCc2oc(CCCC#N)cc21. The van der Waals surface area contributed by atoms with Gasteiger partial charge in [-0.15, -0.1) is 0 Å². The summed E-state index contributed by atoms with van der Waals surface area (Å²) in [5, 5.41) is 8.49. The first-order chi connectivity index (χ1) is 7.85. The summed E-state index contributed by atoms with van der Waals surface area (Å²) in [6.07, 6.45) is 5.78. The van der Waals surface area contributed by atoms with Crippen molar-refractivity contribution in [2.45, 2.75) is 44.6 Å². The van der Waals surface area contributed by atoms with Crippen LogP contribution in [-0.4, -0.2) is 7.11 Å². The molecule has 0 amide bonds. The molecule has 1 atom stereocenters. The minimum absolute atomic E-state index is 0.206. The quantitative estimate of drug-likeness (QED) is 0.731. The molecule has 0 radical (unpaired) electrons.